The molecule has 6 heteroatoms. The lowest BCUT2D eigenvalue weighted by Crippen LogP contribution is -2.36. The molecule has 0 aromatic carbocycles. The van der Waals surface area contributed by atoms with E-state index in [-0.39, 0.29) is 11.5 Å². The molecule has 3 rings (SSSR count). The zero-order valence-electron chi connectivity index (χ0n) is 14.4. The first-order chi connectivity index (χ1) is 11.6. The van der Waals surface area contributed by atoms with Crippen molar-refractivity contribution in [2.24, 2.45) is 5.92 Å². The molecule has 24 heavy (non-hydrogen) atoms. The molecule has 0 radical (unpaired) electrons. The van der Waals surface area contributed by atoms with E-state index >= 15 is 0 Å². The Bertz CT molecular complexity index is 705. The van der Waals surface area contributed by atoms with Gasteiger partial charge in [-0.1, -0.05) is 13.8 Å². The number of hydrogen-bond donors (Lipinski definition) is 0. The quantitative estimate of drug-likeness (QED) is 0.841. The molecular weight excluding hydrogens is 302 g/mol. The van der Waals surface area contributed by atoms with E-state index in [1.54, 1.807) is 29.4 Å². The zero-order valence-corrected chi connectivity index (χ0v) is 14.4. The highest BCUT2D eigenvalue weighted by Gasteiger charge is 2.20. The fraction of sp³-hybridized carbons (Fsp3) is 0.556. The van der Waals surface area contributed by atoms with E-state index in [0.29, 0.717) is 5.92 Å². The maximum Gasteiger partial charge on any atom is 0.253 e. The fourth-order valence-electron chi connectivity index (χ4n) is 3.11. The highest BCUT2D eigenvalue weighted by Crippen LogP contribution is 2.19. The molecule has 1 fully saturated rings. The van der Waals surface area contributed by atoms with E-state index in [1.165, 1.54) is 0 Å². The third-order valence-electron chi connectivity index (χ3n) is 4.64. The summed E-state index contributed by atoms with van der Waals surface area (Å²) in [5, 5.41) is 0. The molecular formula is C18H25N5O. The lowest BCUT2D eigenvalue weighted by Gasteiger charge is -2.31. The van der Waals surface area contributed by atoms with Crippen molar-refractivity contribution in [3.63, 3.8) is 0 Å². The van der Waals surface area contributed by atoms with Crippen LogP contribution in [0.2, 0.25) is 0 Å². The van der Waals surface area contributed by atoms with E-state index in [2.05, 4.69) is 33.7 Å². The molecule has 1 saturated heterocycles. The number of nitrogens with zero attached hydrogens (tertiary/aromatic N) is 5. The van der Waals surface area contributed by atoms with Crippen LogP contribution in [0, 0.1) is 5.92 Å². The van der Waals surface area contributed by atoms with Gasteiger partial charge in [0.05, 0.1) is 18.6 Å². The van der Waals surface area contributed by atoms with Gasteiger partial charge in [0.15, 0.2) is 0 Å². The summed E-state index contributed by atoms with van der Waals surface area (Å²) in [6, 6.07) is 3.51. The summed E-state index contributed by atoms with van der Waals surface area (Å²) in [4.78, 5) is 27.6. The number of aromatic nitrogens is 4. The van der Waals surface area contributed by atoms with Crippen LogP contribution in [-0.2, 0) is 13.1 Å². The lowest BCUT2D eigenvalue weighted by atomic mass is 9.96. The molecule has 128 valence electrons. The number of piperidine rings is 1. The summed E-state index contributed by atoms with van der Waals surface area (Å²) in [5.41, 5.74) is 0.933. The van der Waals surface area contributed by atoms with Crippen molar-refractivity contribution >= 4 is 0 Å². The van der Waals surface area contributed by atoms with Crippen molar-refractivity contribution < 1.29 is 0 Å². The van der Waals surface area contributed by atoms with Crippen LogP contribution in [0.15, 0.2) is 35.6 Å². The summed E-state index contributed by atoms with van der Waals surface area (Å²) in [6.07, 6.45) is 7.46. The van der Waals surface area contributed by atoms with Gasteiger partial charge in [0.2, 0.25) is 0 Å². The Morgan fingerprint density at radius 3 is 2.50 bits per heavy atom. The van der Waals surface area contributed by atoms with Gasteiger partial charge in [-0.25, -0.2) is 15.0 Å². The van der Waals surface area contributed by atoms with Gasteiger partial charge >= 0.3 is 0 Å². The molecule has 3 heterocycles. The highest BCUT2D eigenvalue weighted by atomic mass is 16.1. The van der Waals surface area contributed by atoms with Crippen LogP contribution in [0.4, 0.5) is 0 Å². The van der Waals surface area contributed by atoms with Gasteiger partial charge in [0.25, 0.3) is 5.56 Å². The van der Waals surface area contributed by atoms with Gasteiger partial charge in [0, 0.05) is 25.0 Å². The van der Waals surface area contributed by atoms with Crippen LogP contribution in [0.5, 0.6) is 0 Å². The van der Waals surface area contributed by atoms with Crippen LogP contribution < -0.4 is 5.56 Å². The topological polar surface area (TPSA) is 63.9 Å². The summed E-state index contributed by atoms with van der Waals surface area (Å²) in [6.45, 7) is 7.72. The van der Waals surface area contributed by atoms with Gasteiger partial charge in [0.1, 0.15) is 5.82 Å². The van der Waals surface area contributed by atoms with Crippen molar-refractivity contribution in [2.75, 3.05) is 13.1 Å². The molecule has 0 aliphatic carbocycles. The summed E-state index contributed by atoms with van der Waals surface area (Å²) in [5.74, 6) is 1.69. The molecule has 1 aliphatic heterocycles. The molecule has 6 nitrogen and oxygen atoms in total. The Labute approximate surface area is 142 Å². The average molecular weight is 327 g/mol. The van der Waals surface area contributed by atoms with Crippen LogP contribution >= 0.6 is 0 Å². The zero-order chi connectivity index (χ0) is 16.9. The normalized spacial score (nSPS) is 16.6. The standard InChI is InChI=1S/C18H25N5O/c1-14(2)16-10-18(24)23(13-21-16)11-15-4-8-22(9-5-15)12-17-19-6-3-7-20-17/h3,6-7,10,13-15H,4-5,8-9,11-12H2,1-2H3. The molecule has 0 unspecified atom stereocenters. The van der Waals surface area contributed by atoms with E-state index in [4.69, 9.17) is 0 Å². The van der Waals surface area contributed by atoms with Crippen molar-refractivity contribution in [1.82, 2.24) is 24.4 Å². The van der Waals surface area contributed by atoms with Crippen LogP contribution in [0.25, 0.3) is 0 Å². The molecule has 0 atom stereocenters. The van der Waals surface area contributed by atoms with E-state index in [0.717, 1.165) is 50.5 Å². The van der Waals surface area contributed by atoms with Gasteiger partial charge in [-0.2, -0.15) is 0 Å². The molecule has 0 N–H and O–H groups in total. The summed E-state index contributed by atoms with van der Waals surface area (Å²) in [7, 11) is 0. The second-order valence-corrected chi connectivity index (χ2v) is 6.84. The van der Waals surface area contributed by atoms with E-state index in [1.807, 2.05) is 6.07 Å². The Kier molecular flexibility index (Phi) is 5.35. The Morgan fingerprint density at radius 2 is 1.88 bits per heavy atom. The lowest BCUT2D eigenvalue weighted by molar-refractivity contribution is 0.163. The molecule has 2 aromatic heterocycles. The third-order valence-corrected chi connectivity index (χ3v) is 4.64. The first kappa shape index (κ1) is 16.8. The first-order valence-electron chi connectivity index (χ1n) is 8.66. The molecule has 0 bridgehead atoms. The monoisotopic (exact) mass is 327 g/mol. The maximum absolute atomic E-state index is 12.2. The second-order valence-electron chi connectivity index (χ2n) is 6.84. The fourth-order valence-corrected chi connectivity index (χ4v) is 3.11. The summed E-state index contributed by atoms with van der Waals surface area (Å²) < 4.78 is 1.76. The van der Waals surface area contributed by atoms with Crippen molar-refractivity contribution in [1.29, 1.82) is 0 Å². The average Bonchev–Trinajstić information content (AvgIpc) is 2.59. The Balaban J connectivity index is 1.53. The predicted molar refractivity (Wildman–Crippen MR) is 92.6 cm³/mol. The van der Waals surface area contributed by atoms with Gasteiger partial charge in [-0.3, -0.25) is 14.3 Å². The summed E-state index contributed by atoms with van der Waals surface area (Å²) >= 11 is 0. The number of hydrogen-bond acceptors (Lipinski definition) is 5. The number of rotatable bonds is 5. The Morgan fingerprint density at radius 1 is 1.17 bits per heavy atom. The van der Waals surface area contributed by atoms with E-state index < -0.39 is 0 Å². The van der Waals surface area contributed by atoms with Gasteiger partial charge < -0.3 is 0 Å². The third kappa shape index (κ3) is 4.26. The largest absolute Gasteiger partial charge is 0.299 e. The Hall–Kier alpha value is -2.08. The van der Waals surface area contributed by atoms with Gasteiger partial charge in [-0.05, 0) is 43.8 Å². The minimum atomic E-state index is 0.0637. The van der Waals surface area contributed by atoms with Crippen LogP contribution in [0.3, 0.4) is 0 Å². The van der Waals surface area contributed by atoms with Crippen molar-refractivity contribution in [2.45, 2.75) is 45.7 Å². The highest BCUT2D eigenvalue weighted by molar-refractivity contribution is 5.04. The molecule has 1 aliphatic rings. The van der Waals surface area contributed by atoms with Crippen LogP contribution in [0.1, 0.15) is 44.1 Å². The smallest absolute Gasteiger partial charge is 0.253 e. The van der Waals surface area contributed by atoms with E-state index in [9.17, 15) is 4.79 Å². The van der Waals surface area contributed by atoms with Crippen LogP contribution in [-0.4, -0.2) is 37.5 Å². The second kappa shape index (κ2) is 7.66. The van der Waals surface area contributed by atoms with Crippen molar-refractivity contribution in [3.05, 3.63) is 52.7 Å². The van der Waals surface area contributed by atoms with Gasteiger partial charge in [-0.15, -0.1) is 0 Å². The van der Waals surface area contributed by atoms with Crippen molar-refractivity contribution in [3.8, 4) is 0 Å². The SMILES string of the molecule is CC(C)c1cc(=O)n(CC2CCN(Cc3ncccn3)CC2)cn1. The first-order valence-corrected chi connectivity index (χ1v) is 8.66. The number of likely N-dealkylation sites (tertiary alicyclic amines) is 1. The molecule has 0 spiro atoms. The molecule has 2 aromatic rings. The minimum absolute atomic E-state index is 0.0637. The minimum Gasteiger partial charge on any atom is -0.299 e. The molecule has 0 saturated carbocycles. The maximum atomic E-state index is 12.2. The predicted octanol–water partition coefficient (Wildman–Crippen LogP) is 2.07. The molecule has 0 amide bonds.